The molecule has 0 unspecified atom stereocenters. The molecule has 1 N–H and O–H groups in total. The van der Waals surface area contributed by atoms with Crippen molar-refractivity contribution in [3.05, 3.63) is 47.1 Å². The van der Waals surface area contributed by atoms with Crippen LogP contribution in [0.2, 0.25) is 0 Å². The molecule has 0 fully saturated rings. The largest absolute Gasteiger partial charge is 0.311 e. The van der Waals surface area contributed by atoms with Crippen molar-refractivity contribution in [1.29, 1.82) is 0 Å². The number of anilines is 1. The maximum absolute atomic E-state index is 12.5. The second kappa shape index (κ2) is 5.71. The standard InChI is InChI=1S/C16H16N4O2S2/c1-11-7-8-15(23-11)24(21,22)19-13-5-2-4-12(10-13)16-18-17-14-6-3-9-20(14)16/h2,4-5,7-8,10,19H,3,6,9H2,1H3. The van der Waals surface area contributed by atoms with Gasteiger partial charge in [0.05, 0.1) is 0 Å². The first-order valence-corrected chi connectivity index (χ1v) is 9.95. The molecule has 1 aliphatic rings. The second-order valence-electron chi connectivity index (χ2n) is 5.75. The Labute approximate surface area is 144 Å². The lowest BCUT2D eigenvalue weighted by atomic mass is 10.2. The van der Waals surface area contributed by atoms with Crippen LogP contribution in [-0.2, 0) is 23.0 Å². The molecule has 0 aliphatic carbocycles. The minimum atomic E-state index is -3.56. The third-order valence-electron chi connectivity index (χ3n) is 3.96. The zero-order valence-corrected chi connectivity index (χ0v) is 14.7. The Bertz CT molecular complexity index is 1000. The van der Waals surface area contributed by atoms with Crippen LogP contribution in [0, 0.1) is 6.92 Å². The molecular weight excluding hydrogens is 344 g/mol. The average molecular weight is 360 g/mol. The summed E-state index contributed by atoms with van der Waals surface area (Å²) in [5.74, 6) is 1.78. The van der Waals surface area contributed by atoms with Crippen LogP contribution in [0.3, 0.4) is 0 Å². The van der Waals surface area contributed by atoms with Gasteiger partial charge in [-0.25, -0.2) is 8.42 Å². The lowest BCUT2D eigenvalue weighted by Gasteiger charge is -2.08. The molecule has 24 heavy (non-hydrogen) atoms. The van der Waals surface area contributed by atoms with Gasteiger partial charge in [-0.2, -0.15) is 0 Å². The summed E-state index contributed by atoms with van der Waals surface area (Å²) < 4.78 is 30.0. The van der Waals surface area contributed by atoms with E-state index in [0.29, 0.717) is 9.90 Å². The molecule has 3 aromatic rings. The molecule has 0 bridgehead atoms. The van der Waals surface area contributed by atoms with Gasteiger partial charge in [-0.15, -0.1) is 21.5 Å². The highest BCUT2D eigenvalue weighted by atomic mass is 32.2. The first kappa shape index (κ1) is 15.3. The molecule has 6 nitrogen and oxygen atoms in total. The van der Waals surface area contributed by atoms with Crippen LogP contribution in [0.4, 0.5) is 5.69 Å². The summed E-state index contributed by atoms with van der Waals surface area (Å²) in [5, 5.41) is 8.45. The Balaban J connectivity index is 1.66. The Morgan fingerprint density at radius 1 is 1.21 bits per heavy atom. The lowest BCUT2D eigenvalue weighted by Crippen LogP contribution is -2.11. The van der Waals surface area contributed by atoms with Crippen molar-refractivity contribution in [1.82, 2.24) is 14.8 Å². The summed E-state index contributed by atoms with van der Waals surface area (Å²) in [6, 6.07) is 10.7. The minimum absolute atomic E-state index is 0.314. The van der Waals surface area contributed by atoms with E-state index in [2.05, 4.69) is 19.5 Å². The summed E-state index contributed by atoms with van der Waals surface area (Å²) >= 11 is 1.26. The zero-order valence-electron chi connectivity index (χ0n) is 13.1. The maximum Gasteiger partial charge on any atom is 0.271 e. The van der Waals surface area contributed by atoms with Crippen molar-refractivity contribution in [2.24, 2.45) is 0 Å². The van der Waals surface area contributed by atoms with Crippen LogP contribution < -0.4 is 4.72 Å². The second-order valence-corrected chi connectivity index (χ2v) is 8.94. The normalized spacial score (nSPS) is 13.9. The Morgan fingerprint density at radius 3 is 2.88 bits per heavy atom. The van der Waals surface area contributed by atoms with Gasteiger partial charge in [0, 0.05) is 29.1 Å². The number of aryl methyl sites for hydroxylation is 2. The maximum atomic E-state index is 12.5. The molecule has 0 amide bonds. The molecular formula is C16H16N4O2S2. The van der Waals surface area contributed by atoms with Gasteiger partial charge in [-0.1, -0.05) is 12.1 Å². The number of aromatic nitrogens is 3. The van der Waals surface area contributed by atoms with E-state index in [9.17, 15) is 8.42 Å². The number of fused-ring (bicyclic) bond motifs is 1. The van der Waals surface area contributed by atoms with Crippen molar-refractivity contribution in [2.75, 3.05) is 4.72 Å². The van der Waals surface area contributed by atoms with Crippen molar-refractivity contribution < 1.29 is 8.42 Å². The van der Waals surface area contributed by atoms with E-state index in [0.717, 1.165) is 41.5 Å². The van der Waals surface area contributed by atoms with Crippen LogP contribution in [0.15, 0.2) is 40.6 Å². The van der Waals surface area contributed by atoms with E-state index < -0.39 is 10.0 Å². The SMILES string of the molecule is Cc1ccc(S(=O)(=O)Nc2cccc(-c3nnc4n3CCC4)c2)s1. The predicted molar refractivity (Wildman–Crippen MR) is 93.6 cm³/mol. The van der Waals surface area contributed by atoms with Crippen LogP contribution in [0.1, 0.15) is 17.1 Å². The fraction of sp³-hybridized carbons (Fsp3) is 0.250. The first-order chi connectivity index (χ1) is 11.5. The fourth-order valence-electron chi connectivity index (χ4n) is 2.85. The number of nitrogens with one attached hydrogen (secondary N) is 1. The van der Waals surface area contributed by atoms with Gasteiger partial charge < -0.3 is 4.57 Å². The Kier molecular flexibility index (Phi) is 3.65. The molecule has 2 aromatic heterocycles. The molecule has 1 aliphatic heterocycles. The van der Waals surface area contributed by atoms with E-state index >= 15 is 0 Å². The Morgan fingerprint density at radius 2 is 2.08 bits per heavy atom. The molecule has 3 heterocycles. The number of sulfonamides is 1. The number of hydrogen-bond donors (Lipinski definition) is 1. The summed E-state index contributed by atoms with van der Waals surface area (Å²) in [7, 11) is -3.56. The number of benzene rings is 1. The molecule has 0 atom stereocenters. The minimum Gasteiger partial charge on any atom is -0.311 e. The molecule has 0 radical (unpaired) electrons. The number of hydrogen-bond acceptors (Lipinski definition) is 5. The third-order valence-corrected chi connectivity index (χ3v) is 6.84. The monoisotopic (exact) mass is 360 g/mol. The molecule has 0 saturated carbocycles. The van der Waals surface area contributed by atoms with Gasteiger partial charge in [0.2, 0.25) is 0 Å². The molecule has 0 saturated heterocycles. The first-order valence-electron chi connectivity index (χ1n) is 7.65. The van der Waals surface area contributed by atoms with Gasteiger partial charge in [-0.3, -0.25) is 4.72 Å². The molecule has 0 spiro atoms. The average Bonchev–Trinajstić information content (AvgIpc) is 3.22. The summed E-state index contributed by atoms with van der Waals surface area (Å²) in [6.07, 6.45) is 2.01. The molecule has 4 rings (SSSR count). The summed E-state index contributed by atoms with van der Waals surface area (Å²) in [4.78, 5) is 0.961. The van der Waals surface area contributed by atoms with E-state index in [-0.39, 0.29) is 0 Å². The topological polar surface area (TPSA) is 76.9 Å². The van der Waals surface area contributed by atoms with Gasteiger partial charge in [0.1, 0.15) is 10.0 Å². The van der Waals surface area contributed by atoms with Crippen LogP contribution >= 0.6 is 11.3 Å². The van der Waals surface area contributed by atoms with Crippen molar-refractivity contribution >= 4 is 27.0 Å². The zero-order chi connectivity index (χ0) is 16.7. The summed E-state index contributed by atoms with van der Waals surface area (Å²) in [6.45, 7) is 2.79. The Hall–Kier alpha value is -2.19. The highest BCUT2D eigenvalue weighted by Crippen LogP contribution is 2.27. The molecule has 124 valence electrons. The van der Waals surface area contributed by atoms with E-state index in [1.54, 1.807) is 24.3 Å². The highest BCUT2D eigenvalue weighted by Gasteiger charge is 2.20. The van der Waals surface area contributed by atoms with Gasteiger partial charge in [0.15, 0.2) is 5.82 Å². The third kappa shape index (κ3) is 2.71. The molecule has 1 aromatic carbocycles. The predicted octanol–water partition coefficient (Wildman–Crippen LogP) is 3.06. The highest BCUT2D eigenvalue weighted by molar-refractivity contribution is 7.94. The lowest BCUT2D eigenvalue weighted by molar-refractivity contribution is 0.603. The number of nitrogens with zero attached hydrogens (tertiary/aromatic N) is 3. The fourth-order valence-corrected chi connectivity index (χ4v) is 5.18. The van der Waals surface area contributed by atoms with E-state index in [1.165, 1.54) is 11.3 Å². The van der Waals surface area contributed by atoms with Crippen molar-refractivity contribution in [3.63, 3.8) is 0 Å². The van der Waals surface area contributed by atoms with Gasteiger partial charge in [0.25, 0.3) is 10.0 Å². The van der Waals surface area contributed by atoms with E-state index in [1.807, 2.05) is 19.1 Å². The smallest absolute Gasteiger partial charge is 0.271 e. The number of thiophene rings is 1. The van der Waals surface area contributed by atoms with Crippen molar-refractivity contribution in [3.8, 4) is 11.4 Å². The van der Waals surface area contributed by atoms with Crippen LogP contribution in [-0.4, -0.2) is 23.2 Å². The number of rotatable bonds is 4. The quantitative estimate of drug-likeness (QED) is 0.776. The summed E-state index contributed by atoms with van der Waals surface area (Å²) in [5.41, 5.74) is 1.38. The van der Waals surface area contributed by atoms with Crippen LogP contribution in [0.5, 0.6) is 0 Å². The van der Waals surface area contributed by atoms with Crippen LogP contribution in [0.25, 0.3) is 11.4 Å². The van der Waals surface area contributed by atoms with Gasteiger partial charge >= 0.3 is 0 Å². The van der Waals surface area contributed by atoms with Crippen molar-refractivity contribution in [2.45, 2.75) is 30.5 Å². The molecule has 8 heteroatoms. The van der Waals surface area contributed by atoms with Gasteiger partial charge in [-0.05, 0) is 37.6 Å². The van der Waals surface area contributed by atoms with E-state index in [4.69, 9.17) is 0 Å².